The molecule has 7 nitrogen and oxygen atoms in total. The summed E-state index contributed by atoms with van der Waals surface area (Å²) in [5, 5.41) is 12.1. The SMILES string of the molecule is CCOc1ccc(-c2cccc(C(=O)N(C)Cc3cc(C)on3)c2)nn1. The summed E-state index contributed by atoms with van der Waals surface area (Å²) in [5.41, 5.74) is 2.78. The van der Waals surface area contributed by atoms with E-state index in [4.69, 9.17) is 9.26 Å². The predicted molar refractivity (Wildman–Crippen MR) is 95.7 cm³/mol. The van der Waals surface area contributed by atoms with Gasteiger partial charge in [0, 0.05) is 30.3 Å². The molecular weight excluding hydrogens is 332 g/mol. The molecule has 0 atom stereocenters. The number of aromatic nitrogens is 3. The van der Waals surface area contributed by atoms with Gasteiger partial charge in [-0.2, -0.15) is 0 Å². The molecule has 3 aromatic rings. The molecule has 0 radical (unpaired) electrons. The van der Waals surface area contributed by atoms with Crippen LogP contribution in [0, 0.1) is 6.92 Å². The number of nitrogens with zero attached hydrogens (tertiary/aromatic N) is 4. The number of hydrogen-bond donors (Lipinski definition) is 0. The molecule has 134 valence electrons. The lowest BCUT2D eigenvalue weighted by molar-refractivity contribution is 0.0782. The maximum Gasteiger partial charge on any atom is 0.253 e. The summed E-state index contributed by atoms with van der Waals surface area (Å²) in [5.74, 6) is 1.09. The van der Waals surface area contributed by atoms with E-state index in [9.17, 15) is 4.79 Å². The first-order valence-corrected chi connectivity index (χ1v) is 8.31. The van der Waals surface area contributed by atoms with Crippen molar-refractivity contribution in [3.8, 4) is 17.1 Å². The summed E-state index contributed by atoms with van der Waals surface area (Å²) in [7, 11) is 1.73. The van der Waals surface area contributed by atoms with E-state index in [0.29, 0.717) is 36.0 Å². The Labute approximate surface area is 151 Å². The molecule has 1 aromatic carbocycles. The van der Waals surface area contributed by atoms with Crippen LogP contribution >= 0.6 is 0 Å². The summed E-state index contributed by atoms with van der Waals surface area (Å²) < 4.78 is 10.3. The Morgan fingerprint density at radius 2 is 2.04 bits per heavy atom. The smallest absolute Gasteiger partial charge is 0.253 e. The van der Waals surface area contributed by atoms with Gasteiger partial charge in [-0.15, -0.1) is 10.2 Å². The molecule has 0 fully saturated rings. The Morgan fingerprint density at radius 3 is 2.69 bits per heavy atom. The molecule has 0 aliphatic carbocycles. The van der Waals surface area contributed by atoms with Crippen molar-refractivity contribution in [1.29, 1.82) is 0 Å². The van der Waals surface area contributed by atoms with Crippen LogP contribution in [0.15, 0.2) is 47.0 Å². The van der Waals surface area contributed by atoms with Gasteiger partial charge in [0.1, 0.15) is 11.5 Å². The Bertz CT molecular complexity index is 890. The topological polar surface area (TPSA) is 81.4 Å². The molecular formula is C19H20N4O3. The summed E-state index contributed by atoms with van der Waals surface area (Å²) in [6, 6.07) is 12.7. The number of carbonyl (C=O) groups is 1. The quantitative estimate of drug-likeness (QED) is 0.678. The molecule has 0 N–H and O–H groups in total. The summed E-state index contributed by atoms with van der Waals surface area (Å²) in [6.45, 7) is 4.62. The second-order valence-corrected chi connectivity index (χ2v) is 5.86. The van der Waals surface area contributed by atoms with E-state index in [1.807, 2.05) is 38.1 Å². The van der Waals surface area contributed by atoms with Gasteiger partial charge >= 0.3 is 0 Å². The molecule has 3 rings (SSSR count). The van der Waals surface area contributed by atoms with Gasteiger partial charge in [0.2, 0.25) is 5.88 Å². The third kappa shape index (κ3) is 4.05. The third-order valence-corrected chi connectivity index (χ3v) is 3.76. The molecule has 0 saturated heterocycles. The molecule has 7 heteroatoms. The normalized spacial score (nSPS) is 10.6. The largest absolute Gasteiger partial charge is 0.477 e. The Balaban J connectivity index is 1.76. The highest BCUT2D eigenvalue weighted by Gasteiger charge is 2.15. The van der Waals surface area contributed by atoms with E-state index in [0.717, 1.165) is 11.3 Å². The van der Waals surface area contributed by atoms with E-state index in [1.165, 1.54) is 0 Å². The van der Waals surface area contributed by atoms with Crippen LogP contribution in [0.4, 0.5) is 0 Å². The van der Waals surface area contributed by atoms with Crippen molar-refractivity contribution in [3.05, 3.63) is 59.5 Å². The van der Waals surface area contributed by atoms with Crippen molar-refractivity contribution in [3.63, 3.8) is 0 Å². The first-order chi connectivity index (χ1) is 12.6. The van der Waals surface area contributed by atoms with Crippen molar-refractivity contribution in [2.75, 3.05) is 13.7 Å². The van der Waals surface area contributed by atoms with Crippen LogP contribution in [-0.4, -0.2) is 39.8 Å². The highest BCUT2D eigenvalue weighted by atomic mass is 16.5. The predicted octanol–water partition coefficient (Wildman–Crippen LogP) is 3.11. The molecule has 2 aromatic heterocycles. The van der Waals surface area contributed by atoms with Crippen LogP contribution in [0.1, 0.15) is 28.7 Å². The van der Waals surface area contributed by atoms with E-state index in [2.05, 4.69) is 15.4 Å². The van der Waals surface area contributed by atoms with Crippen LogP contribution < -0.4 is 4.74 Å². The van der Waals surface area contributed by atoms with Gasteiger partial charge in [-0.05, 0) is 32.0 Å². The number of hydrogen-bond acceptors (Lipinski definition) is 6. The number of benzene rings is 1. The molecule has 0 saturated carbocycles. The van der Waals surface area contributed by atoms with Crippen molar-refractivity contribution >= 4 is 5.91 Å². The zero-order chi connectivity index (χ0) is 18.5. The second-order valence-electron chi connectivity index (χ2n) is 5.86. The fourth-order valence-corrected chi connectivity index (χ4v) is 2.54. The molecule has 0 aliphatic rings. The van der Waals surface area contributed by atoms with E-state index in [-0.39, 0.29) is 5.91 Å². The van der Waals surface area contributed by atoms with Crippen molar-refractivity contribution in [2.45, 2.75) is 20.4 Å². The second kappa shape index (κ2) is 7.77. The van der Waals surface area contributed by atoms with Gasteiger partial charge in [0.05, 0.1) is 18.8 Å². The Kier molecular flexibility index (Phi) is 5.26. The lowest BCUT2D eigenvalue weighted by atomic mass is 10.1. The van der Waals surface area contributed by atoms with Crippen LogP contribution in [-0.2, 0) is 6.54 Å². The van der Waals surface area contributed by atoms with Crippen molar-refractivity contribution < 1.29 is 14.1 Å². The van der Waals surface area contributed by atoms with Crippen LogP contribution in [0.2, 0.25) is 0 Å². The lowest BCUT2D eigenvalue weighted by Crippen LogP contribution is -2.26. The van der Waals surface area contributed by atoms with Crippen molar-refractivity contribution in [2.24, 2.45) is 0 Å². The Morgan fingerprint density at radius 1 is 1.19 bits per heavy atom. The number of carbonyl (C=O) groups excluding carboxylic acids is 1. The zero-order valence-corrected chi connectivity index (χ0v) is 15.0. The zero-order valence-electron chi connectivity index (χ0n) is 15.0. The van der Waals surface area contributed by atoms with Gasteiger partial charge in [-0.3, -0.25) is 4.79 Å². The fourth-order valence-electron chi connectivity index (χ4n) is 2.54. The monoisotopic (exact) mass is 352 g/mol. The molecule has 2 heterocycles. The number of aryl methyl sites for hydroxylation is 1. The van der Waals surface area contributed by atoms with Gasteiger partial charge in [-0.1, -0.05) is 17.3 Å². The Hall–Kier alpha value is -3.22. The highest BCUT2D eigenvalue weighted by molar-refractivity contribution is 5.95. The maximum atomic E-state index is 12.7. The van der Waals surface area contributed by atoms with Crippen LogP contribution in [0.25, 0.3) is 11.3 Å². The minimum absolute atomic E-state index is 0.105. The van der Waals surface area contributed by atoms with E-state index >= 15 is 0 Å². The highest BCUT2D eigenvalue weighted by Crippen LogP contribution is 2.20. The van der Waals surface area contributed by atoms with Crippen LogP contribution in [0.5, 0.6) is 5.88 Å². The van der Waals surface area contributed by atoms with Crippen LogP contribution in [0.3, 0.4) is 0 Å². The molecule has 1 amide bonds. The fraction of sp³-hybridized carbons (Fsp3) is 0.263. The van der Waals surface area contributed by atoms with Gasteiger partial charge in [0.25, 0.3) is 5.91 Å². The van der Waals surface area contributed by atoms with Gasteiger partial charge < -0.3 is 14.2 Å². The lowest BCUT2D eigenvalue weighted by Gasteiger charge is -2.16. The molecule has 0 bridgehead atoms. The number of amides is 1. The average Bonchev–Trinajstić information content (AvgIpc) is 3.07. The molecule has 26 heavy (non-hydrogen) atoms. The maximum absolute atomic E-state index is 12.7. The minimum atomic E-state index is -0.105. The third-order valence-electron chi connectivity index (χ3n) is 3.76. The average molecular weight is 352 g/mol. The standard InChI is InChI=1S/C19H20N4O3/c1-4-25-18-9-8-17(20-21-18)14-6-5-7-15(11-14)19(24)23(3)12-16-10-13(2)26-22-16/h5-11H,4,12H2,1-3H3. The first-order valence-electron chi connectivity index (χ1n) is 8.31. The summed E-state index contributed by atoms with van der Waals surface area (Å²) >= 11 is 0. The van der Waals surface area contributed by atoms with Crippen molar-refractivity contribution in [1.82, 2.24) is 20.3 Å². The van der Waals surface area contributed by atoms with E-state index < -0.39 is 0 Å². The number of rotatable bonds is 6. The minimum Gasteiger partial charge on any atom is -0.477 e. The number of ether oxygens (including phenoxy) is 1. The van der Waals surface area contributed by atoms with Gasteiger partial charge in [-0.25, -0.2) is 0 Å². The van der Waals surface area contributed by atoms with E-state index in [1.54, 1.807) is 30.1 Å². The summed E-state index contributed by atoms with van der Waals surface area (Å²) in [4.78, 5) is 14.3. The molecule has 0 spiro atoms. The molecule has 0 unspecified atom stereocenters. The summed E-state index contributed by atoms with van der Waals surface area (Å²) in [6.07, 6.45) is 0. The van der Waals surface area contributed by atoms with Gasteiger partial charge in [0.15, 0.2) is 0 Å². The first kappa shape index (κ1) is 17.6. The molecule has 0 aliphatic heterocycles.